The minimum absolute atomic E-state index is 0.237. The summed E-state index contributed by atoms with van der Waals surface area (Å²) in [5.74, 6) is 0.842. The second-order valence-electron chi connectivity index (χ2n) is 11.6. The minimum atomic E-state index is -0.365. The van der Waals surface area contributed by atoms with Crippen molar-refractivity contribution < 1.29 is 9.53 Å². The van der Waals surface area contributed by atoms with E-state index in [-0.39, 0.29) is 18.4 Å². The number of rotatable bonds is 11. The highest BCUT2D eigenvalue weighted by molar-refractivity contribution is 5.85. The molecule has 7 rings (SSSR count). The van der Waals surface area contributed by atoms with E-state index in [1.54, 1.807) is 23.8 Å². The van der Waals surface area contributed by atoms with Crippen LogP contribution in [0.15, 0.2) is 67.3 Å². The first kappa shape index (κ1) is 28.4. The van der Waals surface area contributed by atoms with Gasteiger partial charge in [0.05, 0.1) is 23.5 Å². The van der Waals surface area contributed by atoms with Gasteiger partial charge in [0.15, 0.2) is 0 Å². The van der Waals surface area contributed by atoms with Gasteiger partial charge in [-0.25, -0.2) is 9.50 Å². The smallest absolute Gasteiger partial charge is 0.220 e. The quantitative estimate of drug-likeness (QED) is 0.264. The third kappa shape index (κ3) is 5.81. The number of aromatic nitrogens is 4. The van der Waals surface area contributed by atoms with Crippen LogP contribution >= 0.6 is 0 Å². The van der Waals surface area contributed by atoms with E-state index in [2.05, 4.69) is 57.7 Å². The van der Waals surface area contributed by atoms with Crippen molar-refractivity contribution >= 4 is 17.2 Å². The molecule has 43 heavy (non-hydrogen) atoms. The molecule has 220 valence electrons. The zero-order chi connectivity index (χ0) is 30.1. The number of pyridine rings is 3. The number of nitriles is 1. The summed E-state index contributed by atoms with van der Waals surface area (Å²) in [5.41, 5.74) is 11.4. The maximum Gasteiger partial charge on any atom is 0.220 e. The molecule has 4 aromatic heterocycles. The lowest BCUT2D eigenvalue weighted by molar-refractivity contribution is -0.121. The first-order chi connectivity index (χ1) is 20.8. The van der Waals surface area contributed by atoms with Crippen LogP contribution in [0, 0.1) is 17.2 Å². The summed E-state index contributed by atoms with van der Waals surface area (Å²) < 4.78 is 7.69. The van der Waals surface area contributed by atoms with Crippen LogP contribution < -0.4 is 15.4 Å². The summed E-state index contributed by atoms with van der Waals surface area (Å²) >= 11 is 0. The number of hydrogen-bond acceptors (Lipinski definition) is 8. The van der Waals surface area contributed by atoms with Gasteiger partial charge in [-0.1, -0.05) is 26.5 Å². The molecule has 0 saturated carbocycles. The Balaban J connectivity index is 1.16. The first-order valence-corrected chi connectivity index (χ1v) is 14.7. The fraction of sp³-hybridized carbons (Fsp3) is 0.364. The number of anilines is 1. The first-order valence-electron chi connectivity index (χ1n) is 14.7. The summed E-state index contributed by atoms with van der Waals surface area (Å²) in [7, 11) is 0. The Hall–Kier alpha value is -4.75. The molecule has 0 aliphatic carbocycles. The molecule has 2 bridgehead atoms. The van der Waals surface area contributed by atoms with Crippen LogP contribution in [0.2, 0.25) is 0 Å². The lowest BCUT2D eigenvalue weighted by atomic mass is 9.87. The molecule has 10 nitrogen and oxygen atoms in total. The van der Waals surface area contributed by atoms with Gasteiger partial charge in [0, 0.05) is 66.9 Å². The molecule has 0 aromatic carbocycles. The highest BCUT2D eigenvalue weighted by Gasteiger charge is 2.44. The largest absolute Gasteiger partial charge is 0.488 e. The number of hydrogen-bond donors (Lipinski definition) is 1. The van der Waals surface area contributed by atoms with Crippen molar-refractivity contribution in [2.24, 2.45) is 11.7 Å². The molecule has 2 N–H and O–H groups in total. The molecule has 3 aliphatic rings. The average molecular weight is 577 g/mol. The minimum Gasteiger partial charge on any atom is -0.488 e. The van der Waals surface area contributed by atoms with E-state index in [4.69, 9.17) is 15.5 Å². The van der Waals surface area contributed by atoms with Crippen molar-refractivity contribution in [2.45, 2.75) is 51.7 Å². The highest BCUT2D eigenvalue weighted by Crippen LogP contribution is 2.36. The Labute approximate surface area is 251 Å². The molecule has 0 radical (unpaired) electrons. The zero-order valence-electron chi connectivity index (χ0n) is 24.6. The predicted molar refractivity (Wildman–Crippen MR) is 164 cm³/mol. The van der Waals surface area contributed by atoms with E-state index in [0.717, 1.165) is 54.3 Å². The van der Waals surface area contributed by atoms with Gasteiger partial charge in [0.2, 0.25) is 5.91 Å². The van der Waals surface area contributed by atoms with Gasteiger partial charge in [-0.15, -0.1) is 0 Å². The average Bonchev–Trinajstić information content (AvgIpc) is 3.45. The lowest BCUT2D eigenvalue weighted by Gasteiger charge is -2.56. The van der Waals surface area contributed by atoms with E-state index >= 15 is 0 Å². The molecule has 3 unspecified atom stereocenters. The molecule has 1 amide bonds. The number of aryl methyl sites for hydroxylation is 1. The van der Waals surface area contributed by atoms with Crippen LogP contribution in [0.5, 0.6) is 5.75 Å². The monoisotopic (exact) mass is 576 g/mol. The predicted octanol–water partition coefficient (Wildman–Crippen LogP) is 4.13. The van der Waals surface area contributed by atoms with Gasteiger partial charge in [-0.2, -0.15) is 10.4 Å². The third-order valence-electron chi connectivity index (χ3n) is 8.57. The standard InChI is InChI=1S/C33H36N8O2/c1-4-26-7-5-23(13-36-26)16-40-27-10-28(40)18-39(17-27)31-8-6-24(14-37-31)30-11-29(19-41-32(30)25(12-34)15-38-41)43-20-21(2)9-22(3)33(35)42/h5-8,11,13-15,19,22,27-28H,2,4,9-10,16-18,20H2,1,3H3,(H2,35,42). The Morgan fingerprint density at radius 3 is 2.65 bits per heavy atom. The van der Waals surface area contributed by atoms with E-state index in [1.165, 1.54) is 12.0 Å². The van der Waals surface area contributed by atoms with Gasteiger partial charge in [-0.05, 0) is 54.7 Å². The van der Waals surface area contributed by atoms with Crippen molar-refractivity contribution in [1.29, 1.82) is 5.26 Å². The van der Waals surface area contributed by atoms with E-state index in [9.17, 15) is 10.1 Å². The van der Waals surface area contributed by atoms with Crippen molar-refractivity contribution in [3.8, 4) is 22.9 Å². The maximum absolute atomic E-state index is 11.4. The van der Waals surface area contributed by atoms with Gasteiger partial charge >= 0.3 is 0 Å². The molecule has 3 aliphatic heterocycles. The van der Waals surface area contributed by atoms with Crippen LogP contribution in [0.4, 0.5) is 5.82 Å². The van der Waals surface area contributed by atoms with Gasteiger partial charge in [0.1, 0.15) is 24.2 Å². The van der Waals surface area contributed by atoms with Crippen molar-refractivity contribution in [1.82, 2.24) is 24.5 Å². The van der Waals surface area contributed by atoms with E-state index < -0.39 is 0 Å². The van der Waals surface area contributed by atoms with Gasteiger partial charge < -0.3 is 15.4 Å². The molecule has 10 heteroatoms. The second kappa shape index (κ2) is 11.9. The molecule has 3 saturated heterocycles. The van der Waals surface area contributed by atoms with Crippen LogP contribution in [0.1, 0.15) is 43.5 Å². The Bertz CT molecular complexity index is 1680. The molecular formula is C33H36N8O2. The summed E-state index contributed by atoms with van der Waals surface area (Å²) in [6.07, 6.45) is 9.79. The topological polar surface area (TPSA) is 126 Å². The number of amides is 1. The summed E-state index contributed by atoms with van der Waals surface area (Å²) in [6, 6.07) is 13.6. The molecule has 0 spiro atoms. The number of nitrogens with two attached hydrogens (primary N) is 1. The number of piperidine rings is 1. The van der Waals surface area contributed by atoms with Crippen molar-refractivity contribution in [3.63, 3.8) is 0 Å². The lowest BCUT2D eigenvalue weighted by Crippen LogP contribution is -2.68. The van der Waals surface area contributed by atoms with Crippen LogP contribution in [-0.2, 0) is 17.8 Å². The number of fused-ring (bicyclic) bond motifs is 3. The normalized spacial score (nSPS) is 18.6. The van der Waals surface area contributed by atoms with E-state index in [0.29, 0.717) is 35.3 Å². The SMILES string of the molecule is C=C(COc1cc(-c2ccc(N3CC4CC(C3)N4Cc3ccc(CC)nc3)nc2)c2c(C#N)cnn2c1)CC(C)C(N)=O. The highest BCUT2D eigenvalue weighted by atomic mass is 16.5. The zero-order valence-corrected chi connectivity index (χ0v) is 24.6. The molecular weight excluding hydrogens is 540 g/mol. The summed E-state index contributed by atoms with van der Waals surface area (Å²) in [6.45, 7) is 11.0. The Kier molecular flexibility index (Phi) is 7.82. The van der Waals surface area contributed by atoms with Gasteiger partial charge in [-0.3, -0.25) is 14.7 Å². The fourth-order valence-electron chi connectivity index (χ4n) is 6.09. The third-order valence-corrected chi connectivity index (χ3v) is 8.57. The van der Waals surface area contributed by atoms with Crippen molar-refractivity contribution in [3.05, 3.63) is 84.1 Å². The maximum atomic E-state index is 11.4. The van der Waals surface area contributed by atoms with Gasteiger partial charge in [0.25, 0.3) is 0 Å². The summed E-state index contributed by atoms with van der Waals surface area (Å²) in [4.78, 5) is 25.8. The van der Waals surface area contributed by atoms with Crippen molar-refractivity contribution in [2.75, 3.05) is 24.6 Å². The number of primary amides is 1. The number of carbonyl (C=O) groups is 1. The number of nitrogens with zero attached hydrogens (tertiary/aromatic N) is 7. The number of piperazine rings is 1. The van der Waals surface area contributed by atoms with Crippen LogP contribution in [-0.4, -0.2) is 62.2 Å². The number of ether oxygens (including phenoxy) is 1. The molecule has 4 aromatic rings. The number of carbonyl (C=O) groups excluding carboxylic acids is 1. The fourth-order valence-corrected chi connectivity index (χ4v) is 6.09. The Morgan fingerprint density at radius 2 is 2.00 bits per heavy atom. The molecule has 3 fully saturated rings. The second-order valence-corrected chi connectivity index (χ2v) is 11.6. The Morgan fingerprint density at radius 1 is 1.19 bits per heavy atom. The van der Waals surface area contributed by atoms with Crippen LogP contribution in [0.25, 0.3) is 16.6 Å². The summed E-state index contributed by atoms with van der Waals surface area (Å²) in [5, 5.41) is 14.1. The molecule has 7 heterocycles. The van der Waals surface area contributed by atoms with Crippen LogP contribution in [0.3, 0.4) is 0 Å². The van der Waals surface area contributed by atoms with E-state index in [1.807, 2.05) is 24.5 Å². The molecule has 3 atom stereocenters.